The Kier molecular flexibility index (Phi) is 7.47. The van der Waals surface area contributed by atoms with Crippen LogP contribution in [0.1, 0.15) is 110 Å². The molecule has 1 N–H and O–H groups in total. The normalized spacial score (nSPS) is 37.7. The Bertz CT molecular complexity index is 950. The fourth-order valence-corrected chi connectivity index (χ4v) is 8.72. The monoisotopic (exact) mass is 495 g/mol. The summed E-state index contributed by atoms with van der Waals surface area (Å²) in [7, 11) is 0. The molecule has 3 saturated carbocycles. The highest BCUT2D eigenvalue weighted by molar-refractivity contribution is 5.91. The predicted octanol–water partition coefficient (Wildman–Crippen LogP) is 6.22. The topological polar surface area (TPSA) is 72.5 Å². The van der Waals surface area contributed by atoms with E-state index in [0.29, 0.717) is 36.5 Å². The molecule has 5 nitrogen and oxygen atoms in total. The molecule has 5 aliphatic carbocycles. The van der Waals surface area contributed by atoms with E-state index in [1.165, 1.54) is 24.0 Å². The van der Waals surface area contributed by atoms with Gasteiger partial charge in [-0.25, -0.2) is 0 Å². The molecule has 1 amide bonds. The lowest BCUT2D eigenvalue weighted by Gasteiger charge is -2.57. The minimum Gasteiger partial charge on any atom is -0.462 e. The van der Waals surface area contributed by atoms with Gasteiger partial charge in [0.1, 0.15) is 6.10 Å². The Morgan fingerprint density at radius 2 is 1.86 bits per heavy atom. The average molecular weight is 496 g/mol. The number of rotatable bonds is 7. The third-order valence-electron chi connectivity index (χ3n) is 10.9. The van der Waals surface area contributed by atoms with Crippen LogP contribution in [0.15, 0.2) is 23.3 Å². The average Bonchev–Trinajstić information content (AvgIpc) is 3.20. The molecule has 36 heavy (non-hydrogen) atoms. The fourth-order valence-electron chi connectivity index (χ4n) is 8.72. The zero-order chi connectivity index (χ0) is 25.3. The maximum atomic E-state index is 12.7. The van der Waals surface area contributed by atoms with Gasteiger partial charge in [-0.2, -0.15) is 0 Å². The summed E-state index contributed by atoms with van der Waals surface area (Å²) in [5.74, 6) is 1.93. The molecule has 0 saturated heterocycles. The van der Waals surface area contributed by atoms with Gasteiger partial charge in [-0.15, -0.1) is 0 Å². The standard InChI is InChI=1S/C31H45NO4/c1-30-17-14-23(33)20-22(30)8-9-24-25-10-11-27(31(25,2)18-15-26(24)30)36-29(35)13-12-28(34)32-19-16-21-6-4-3-5-7-21/h6,20,24-27H,3-5,7-19H2,1-2H3,(H,32,34). The summed E-state index contributed by atoms with van der Waals surface area (Å²) in [6, 6.07) is 0. The molecule has 198 valence electrons. The van der Waals surface area contributed by atoms with Crippen LogP contribution in [-0.4, -0.2) is 30.3 Å². The summed E-state index contributed by atoms with van der Waals surface area (Å²) < 4.78 is 6.08. The van der Waals surface area contributed by atoms with E-state index >= 15 is 0 Å². The lowest BCUT2D eigenvalue weighted by atomic mass is 9.47. The lowest BCUT2D eigenvalue weighted by molar-refractivity contribution is -0.160. The summed E-state index contributed by atoms with van der Waals surface area (Å²) in [5.41, 5.74) is 3.07. The minimum absolute atomic E-state index is 0.0325. The Hall–Kier alpha value is -1.91. The van der Waals surface area contributed by atoms with Crippen LogP contribution in [0.4, 0.5) is 0 Å². The molecule has 6 unspecified atom stereocenters. The first-order valence-electron chi connectivity index (χ1n) is 14.7. The van der Waals surface area contributed by atoms with E-state index in [4.69, 9.17) is 4.74 Å². The molecule has 0 radical (unpaired) electrons. The van der Waals surface area contributed by atoms with E-state index in [0.717, 1.165) is 64.2 Å². The van der Waals surface area contributed by atoms with Gasteiger partial charge >= 0.3 is 5.97 Å². The number of carbonyl (C=O) groups excluding carboxylic acids is 3. The zero-order valence-corrected chi connectivity index (χ0v) is 22.4. The van der Waals surface area contributed by atoms with Crippen molar-refractivity contribution in [1.82, 2.24) is 5.32 Å². The van der Waals surface area contributed by atoms with Crippen molar-refractivity contribution in [3.8, 4) is 0 Å². The van der Waals surface area contributed by atoms with Gasteiger partial charge in [0.15, 0.2) is 5.78 Å². The second-order valence-electron chi connectivity index (χ2n) is 12.8. The van der Waals surface area contributed by atoms with Gasteiger partial charge in [-0.05, 0) is 106 Å². The van der Waals surface area contributed by atoms with Crippen molar-refractivity contribution in [1.29, 1.82) is 0 Å². The number of allylic oxidation sites excluding steroid dienone is 2. The Morgan fingerprint density at radius 1 is 1.00 bits per heavy atom. The highest BCUT2D eigenvalue weighted by Crippen LogP contribution is 2.65. The van der Waals surface area contributed by atoms with Crippen LogP contribution in [0.25, 0.3) is 0 Å². The third-order valence-corrected chi connectivity index (χ3v) is 10.9. The largest absolute Gasteiger partial charge is 0.462 e. The third kappa shape index (κ3) is 4.96. The van der Waals surface area contributed by atoms with Gasteiger partial charge in [0, 0.05) is 24.8 Å². The second-order valence-corrected chi connectivity index (χ2v) is 12.8. The maximum Gasteiger partial charge on any atom is 0.306 e. The molecular formula is C31H45NO4. The molecule has 5 aliphatic rings. The van der Waals surface area contributed by atoms with Crippen LogP contribution in [0.5, 0.6) is 0 Å². The Labute approximate surface area is 216 Å². The number of ether oxygens (including phenoxy) is 1. The van der Waals surface area contributed by atoms with Crippen LogP contribution < -0.4 is 5.32 Å². The smallest absolute Gasteiger partial charge is 0.306 e. The van der Waals surface area contributed by atoms with Crippen LogP contribution >= 0.6 is 0 Å². The van der Waals surface area contributed by atoms with Crippen molar-refractivity contribution in [2.45, 2.75) is 116 Å². The maximum absolute atomic E-state index is 12.7. The predicted molar refractivity (Wildman–Crippen MR) is 140 cm³/mol. The van der Waals surface area contributed by atoms with E-state index < -0.39 is 0 Å². The first-order chi connectivity index (χ1) is 17.3. The molecule has 6 atom stereocenters. The SMILES string of the molecule is CC12CCC(=O)C=C1CCC1C2CCC2(C)C(OC(=O)CCC(=O)NCCC3=CCCCC3)CCC12. The first-order valence-corrected chi connectivity index (χ1v) is 14.7. The molecule has 0 aromatic carbocycles. The number of amides is 1. The van der Waals surface area contributed by atoms with Crippen molar-refractivity contribution in [2.24, 2.45) is 28.6 Å². The van der Waals surface area contributed by atoms with Gasteiger partial charge in [0.2, 0.25) is 5.91 Å². The van der Waals surface area contributed by atoms with Crippen LogP contribution in [-0.2, 0) is 19.1 Å². The van der Waals surface area contributed by atoms with Crippen molar-refractivity contribution < 1.29 is 19.1 Å². The number of hydrogen-bond acceptors (Lipinski definition) is 4. The molecule has 0 aromatic heterocycles. The van der Waals surface area contributed by atoms with Gasteiger partial charge in [-0.1, -0.05) is 31.1 Å². The van der Waals surface area contributed by atoms with E-state index in [9.17, 15) is 14.4 Å². The highest BCUT2D eigenvalue weighted by Gasteiger charge is 2.59. The summed E-state index contributed by atoms with van der Waals surface area (Å²) >= 11 is 0. The molecule has 0 spiro atoms. The summed E-state index contributed by atoms with van der Waals surface area (Å²) in [6.07, 6.45) is 18.6. The number of fused-ring (bicyclic) bond motifs is 5. The Morgan fingerprint density at radius 3 is 2.67 bits per heavy atom. The van der Waals surface area contributed by atoms with Crippen molar-refractivity contribution in [3.05, 3.63) is 23.3 Å². The van der Waals surface area contributed by atoms with Crippen molar-refractivity contribution in [2.75, 3.05) is 6.54 Å². The molecule has 5 heteroatoms. The number of ketones is 1. The molecule has 0 bridgehead atoms. The number of esters is 1. The molecule has 0 aromatic rings. The Balaban J connectivity index is 1.11. The van der Waals surface area contributed by atoms with E-state index in [1.807, 2.05) is 6.08 Å². The summed E-state index contributed by atoms with van der Waals surface area (Å²) in [5, 5.41) is 2.98. The van der Waals surface area contributed by atoms with Crippen molar-refractivity contribution >= 4 is 17.7 Å². The number of hydrogen-bond donors (Lipinski definition) is 1. The summed E-state index contributed by atoms with van der Waals surface area (Å²) in [4.78, 5) is 37.1. The molecule has 3 fully saturated rings. The second kappa shape index (κ2) is 10.5. The molecule has 0 aliphatic heterocycles. The van der Waals surface area contributed by atoms with Gasteiger partial charge in [0.25, 0.3) is 0 Å². The van der Waals surface area contributed by atoms with Gasteiger partial charge in [-0.3, -0.25) is 14.4 Å². The van der Waals surface area contributed by atoms with E-state index in [-0.39, 0.29) is 41.7 Å². The van der Waals surface area contributed by atoms with Gasteiger partial charge in [0.05, 0.1) is 6.42 Å². The quantitative estimate of drug-likeness (QED) is 0.336. The molecule has 0 heterocycles. The minimum atomic E-state index is -0.222. The molecule has 5 rings (SSSR count). The van der Waals surface area contributed by atoms with Crippen LogP contribution in [0.3, 0.4) is 0 Å². The van der Waals surface area contributed by atoms with Gasteiger partial charge < -0.3 is 10.1 Å². The van der Waals surface area contributed by atoms with Crippen LogP contribution in [0, 0.1) is 28.6 Å². The lowest BCUT2D eigenvalue weighted by Crippen LogP contribution is -2.51. The fraction of sp³-hybridized carbons (Fsp3) is 0.774. The first kappa shape index (κ1) is 25.7. The van der Waals surface area contributed by atoms with E-state index in [2.05, 4.69) is 25.2 Å². The zero-order valence-electron chi connectivity index (χ0n) is 22.4. The molecular weight excluding hydrogens is 450 g/mol. The van der Waals surface area contributed by atoms with Crippen LogP contribution in [0.2, 0.25) is 0 Å². The highest BCUT2D eigenvalue weighted by atomic mass is 16.5. The summed E-state index contributed by atoms with van der Waals surface area (Å²) in [6.45, 7) is 5.42. The van der Waals surface area contributed by atoms with Crippen molar-refractivity contribution in [3.63, 3.8) is 0 Å². The van der Waals surface area contributed by atoms with E-state index in [1.54, 1.807) is 0 Å². The number of nitrogens with one attached hydrogen (secondary N) is 1. The number of carbonyl (C=O) groups is 3.